The van der Waals surface area contributed by atoms with Gasteiger partial charge in [-0.2, -0.15) is 0 Å². The minimum Gasteiger partial charge on any atom is -0.265 e. The van der Waals surface area contributed by atoms with E-state index in [2.05, 4.69) is 10.5 Å². The first-order valence-electron chi connectivity index (χ1n) is 3.92. The third-order valence-electron chi connectivity index (χ3n) is 1.70. The van der Waals surface area contributed by atoms with Crippen molar-refractivity contribution in [2.45, 2.75) is 0 Å². The summed E-state index contributed by atoms with van der Waals surface area (Å²) in [6.07, 6.45) is 3.41. The van der Waals surface area contributed by atoms with Gasteiger partial charge in [-0.15, -0.1) is 5.10 Å². The van der Waals surface area contributed by atoms with Crippen LogP contribution in [-0.2, 0) is 0 Å². The highest BCUT2D eigenvalue weighted by Crippen LogP contribution is 2.04. The summed E-state index contributed by atoms with van der Waals surface area (Å²) >= 11 is 0. The molecule has 0 radical (unpaired) electrons. The van der Waals surface area contributed by atoms with E-state index in [1.54, 1.807) is 12.3 Å². The molecule has 2 rings (SSSR count). The second-order valence-corrected chi connectivity index (χ2v) is 2.60. The molecule has 1 aromatic rings. The van der Waals surface area contributed by atoms with E-state index < -0.39 is 0 Å². The maximum atomic E-state index is 9.02. The van der Waals surface area contributed by atoms with Crippen molar-refractivity contribution in [2.75, 3.05) is 0 Å². The second-order valence-electron chi connectivity index (χ2n) is 2.60. The fourth-order valence-corrected chi connectivity index (χ4v) is 1.11. The monoisotopic (exact) mass is 175 g/mol. The van der Waals surface area contributed by atoms with E-state index in [9.17, 15) is 0 Å². The Morgan fingerprint density at radius 1 is 1.23 bits per heavy atom. The zero-order valence-electron chi connectivity index (χ0n) is 6.88. The Balaban J connectivity index is 2.32. The van der Waals surface area contributed by atoms with Crippen molar-refractivity contribution in [1.82, 2.24) is 10.7 Å². The minimum absolute atomic E-state index is 0.683. The molecule has 13 heavy (non-hydrogen) atoms. The highest BCUT2D eigenvalue weighted by Gasteiger charge is 2.04. The maximum Gasteiger partial charge on any atom is 0.0965 e. The number of hydrazine groups is 1. The molecule has 0 atom stereocenters. The smallest absolute Gasteiger partial charge is 0.0965 e. The Morgan fingerprint density at radius 3 is 2.69 bits per heavy atom. The third-order valence-corrected chi connectivity index (χ3v) is 1.70. The Kier molecular flexibility index (Phi) is 1.97. The summed E-state index contributed by atoms with van der Waals surface area (Å²) in [6.45, 7) is 0. The van der Waals surface area contributed by atoms with Gasteiger partial charge in [-0.25, -0.2) is 0 Å². The van der Waals surface area contributed by atoms with Crippen LogP contribution in [0, 0.1) is 0 Å². The number of nitrogens with zero attached hydrogens (tertiary/aromatic N) is 2. The first kappa shape index (κ1) is 7.82. The van der Waals surface area contributed by atoms with Gasteiger partial charge < -0.3 is 0 Å². The molecule has 0 spiro atoms. The highest BCUT2D eigenvalue weighted by atomic mass is 16.6. The van der Waals surface area contributed by atoms with Gasteiger partial charge in [0.1, 0.15) is 0 Å². The summed E-state index contributed by atoms with van der Waals surface area (Å²) in [7, 11) is 0. The first-order chi connectivity index (χ1) is 6.36. The third kappa shape index (κ3) is 1.68. The van der Waals surface area contributed by atoms with E-state index in [0.29, 0.717) is 5.28 Å². The molecular weight excluding hydrogens is 166 g/mol. The number of benzene rings is 1. The molecule has 0 aromatic heterocycles. The van der Waals surface area contributed by atoms with Crippen molar-refractivity contribution in [3.63, 3.8) is 0 Å². The number of nitrogens with one attached hydrogen (secondary N) is 1. The SMILES string of the molecule is ON1N=C(c2ccccc2)C=CN1. The minimum atomic E-state index is 0.683. The summed E-state index contributed by atoms with van der Waals surface area (Å²) < 4.78 is 0. The summed E-state index contributed by atoms with van der Waals surface area (Å²) in [5, 5.41) is 13.6. The van der Waals surface area contributed by atoms with Crippen LogP contribution in [0.5, 0.6) is 0 Å². The van der Waals surface area contributed by atoms with Crippen LogP contribution in [-0.4, -0.2) is 16.2 Å². The lowest BCUT2D eigenvalue weighted by molar-refractivity contribution is -0.124. The zero-order valence-corrected chi connectivity index (χ0v) is 6.88. The molecule has 4 heteroatoms. The van der Waals surface area contributed by atoms with Crippen molar-refractivity contribution >= 4 is 5.71 Å². The largest absolute Gasteiger partial charge is 0.265 e. The molecule has 2 N–H and O–H groups in total. The van der Waals surface area contributed by atoms with Gasteiger partial charge in [-0.3, -0.25) is 10.6 Å². The Morgan fingerprint density at radius 2 is 2.00 bits per heavy atom. The van der Waals surface area contributed by atoms with Crippen molar-refractivity contribution < 1.29 is 5.21 Å². The van der Waals surface area contributed by atoms with E-state index in [-0.39, 0.29) is 0 Å². The molecule has 4 nitrogen and oxygen atoms in total. The van der Waals surface area contributed by atoms with Gasteiger partial charge in [0.15, 0.2) is 0 Å². The molecule has 1 aromatic carbocycles. The van der Waals surface area contributed by atoms with Crippen LogP contribution in [0.15, 0.2) is 47.7 Å². The highest BCUT2D eigenvalue weighted by molar-refractivity contribution is 6.08. The Labute approximate surface area is 75.7 Å². The summed E-state index contributed by atoms with van der Waals surface area (Å²) in [6, 6.07) is 9.65. The second kappa shape index (κ2) is 3.28. The zero-order chi connectivity index (χ0) is 9.10. The molecule has 0 aliphatic carbocycles. The molecule has 1 aliphatic heterocycles. The number of hydrogen-bond acceptors (Lipinski definition) is 4. The van der Waals surface area contributed by atoms with E-state index in [4.69, 9.17) is 5.21 Å². The van der Waals surface area contributed by atoms with Crippen molar-refractivity contribution in [1.29, 1.82) is 0 Å². The number of rotatable bonds is 1. The van der Waals surface area contributed by atoms with Crippen LogP contribution in [0.1, 0.15) is 5.56 Å². The topological polar surface area (TPSA) is 47.9 Å². The molecule has 0 saturated carbocycles. The van der Waals surface area contributed by atoms with Crippen molar-refractivity contribution in [3.05, 3.63) is 48.2 Å². The molecule has 0 saturated heterocycles. The van der Waals surface area contributed by atoms with E-state index in [1.165, 1.54) is 0 Å². The standard InChI is InChI=1S/C9H9N3O/c13-12-10-7-6-9(11-12)8-4-2-1-3-5-8/h1-7,10,13H. The lowest BCUT2D eigenvalue weighted by Crippen LogP contribution is -2.29. The van der Waals surface area contributed by atoms with Crippen LogP contribution >= 0.6 is 0 Å². The summed E-state index contributed by atoms with van der Waals surface area (Å²) in [5.74, 6) is 0. The molecular formula is C9H9N3O. The quantitative estimate of drug-likeness (QED) is 0.672. The predicted octanol–water partition coefficient (Wildman–Crippen LogP) is 1.11. The van der Waals surface area contributed by atoms with Crippen molar-refractivity contribution in [3.8, 4) is 0 Å². The molecule has 0 unspecified atom stereocenters. The van der Waals surface area contributed by atoms with Gasteiger partial charge >= 0.3 is 0 Å². The average molecular weight is 175 g/mol. The van der Waals surface area contributed by atoms with Gasteiger partial charge in [0.25, 0.3) is 0 Å². The van der Waals surface area contributed by atoms with Crippen LogP contribution in [0.25, 0.3) is 0 Å². The van der Waals surface area contributed by atoms with Crippen molar-refractivity contribution in [2.24, 2.45) is 5.10 Å². The predicted molar refractivity (Wildman–Crippen MR) is 48.9 cm³/mol. The molecule has 0 fully saturated rings. The van der Waals surface area contributed by atoms with Crippen LogP contribution in [0.3, 0.4) is 0 Å². The average Bonchev–Trinajstić information content (AvgIpc) is 2.19. The maximum absolute atomic E-state index is 9.02. The Bertz CT molecular complexity index is 345. The summed E-state index contributed by atoms with van der Waals surface area (Å²) in [4.78, 5) is 0. The number of hydrogen-bond donors (Lipinski definition) is 2. The number of allylic oxidation sites excluding steroid dienone is 1. The van der Waals surface area contributed by atoms with Gasteiger partial charge in [-0.1, -0.05) is 35.6 Å². The molecule has 1 aliphatic rings. The lowest BCUT2D eigenvalue weighted by Gasteiger charge is -2.15. The van der Waals surface area contributed by atoms with Crippen LogP contribution in [0.2, 0.25) is 0 Å². The normalized spacial score (nSPS) is 15.2. The van der Waals surface area contributed by atoms with Crippen LogP contribution in [0.4, 0.5) is 0 Å². The van der Waals surface area contributed by atoms with E-state index in [0.717, 1.165) is 11.3 Å². The van der Waals surface area contributed by atoms with Crippen LogP contribution < -0.4 is 5.43 Å². The van der Waals surface area contributed by atoms with E-state index >= 15 is 0 Å². The van der Waals surface area contributed by atoms with Gasteiger partial charge in [0, 0.05) is 11.8 Å². The lowest BCUT2D eigenvalue weighted by atomic mass is 10.1. The molecule has 66 valence electrons. The van der Waals surface area contributed by atoms with Gasteiger partial charge in [-0.05, 0) is 6.08 Å². The fraction of sp³-hybridized carbons (Fsp3) is 0. The molecule has 0 amide bonds. The fourth-order valence-electron chi connectivity index (χ4n) is 1.11. The molecule has 1 heterocycles. The van der Waals surface area contributed by atoms with Gasteiger partial charge in [0.05, 0.1) is 5.71 Å². The Hall–Kier alpha value is -1.81. The number of hydrazone groups is 1. The first-order valence-corrected chi connectivity index (χ1v) is 3.92. The molecule has 0 bridgehead atoms. The van der Waals surface area contributed by atoms with Gasteiger partial charge in [0.2, 0.25) is 0 Å². The van der Waals surface area contributed by atoms with E-state index in [1.807, 2.05) is 30.3 Å². The summed E-state index contributed by atoms with van der Waals surface area (Å²) in [5.41, 5.74) is 4.20.